The normalized spacial score (nSPS) is 19.7. The molecule has 15 heavy (non-hydrogen) atoms. The second-order valence-corrected chi connectivity index (χ2v) is 4.92. The van der Waals surface area contributed by atoms with Gasteiger partial charge in [0.25, 0.3) is 0 Å². The molecule has 0 aromatic carbocycles. The van der Waals surface area contributed by atoms with Gasteiger partial charge in [-0.05, 0) is 65.7 Å². The van der Waals surface area contributed by atoms with Crippen LogP contribution in [0.25, 0.3) is 0 Å². The summed E-state index contributed by atoms with van der Waals surface area (Å²) in [7, 11) is 2.01. The summed E-state index contributed by atoms with van der Waals surface area (Å²) in [5.74, 6) is 0.772. The summed E-state index contributed by atoms with van der Waals surface area (Å²) in [4.78, 5) is 2.57. The van der Waals surface area contributed by atoms with Gasteiger partial charge in [0.2, 0.25) is 0 Å². The molecule has 0 saturated carbocycles. The van der Waals surface area contributed by atoms with Crippen molar-refractivity contribution in [3.63, 3.8) is 0 Å². The molecular weight excluding hydrogens is 184 g/mol. The summed E-state index contributed by atoms with van der Waals surface area (Å²) in [5.41, 5.74) is 1.45. The molecule has 1 rings (SSSR count). The number of likely N-dealkylation sites (tertiary alicyclic amines) is 1. The highest BCUT2D eigenvalue weighted by atomic mass is 15.1. The van der Waals surface area contributed by atoms with Gasteiger partial charge in [-0.3, -0.25) is 0 Å². The van der Waals surface area contributed by atoms with Crippen molar-refractivity contribution in [2.45, 2.75) is 39.2 Å². The quantitative estimate of drug-likeness (QED) is 0.700. The summed E-state index contributed by atoms with van der Waals surface area (Å²) in [6.45, 7) is 12.4. The smallest absolute Gasteiger partial charge is 0.00385 e. The number of rotatable bonds is 5. The van der Waals surface area contributed by atoms with Crippen LogP contribution in [0.1, 0.15) is 33.1 Å². The fraction of sp³-hybridized carbons (Fsp3) is 0.846. The monoisotopic (exact) mass is 210 g/mol. The first-order valence-corrected chi connectivity index (χ1v) is 6.21. The van der Waals surface area contributed by atoms with Gasteiger partial charge in [-0.25, -0.2) is 0 Å². The fourth-order valence-corrected chi connectivity index (χ4v) is 2.31. The van der Waals surface area contributed by atoms with E-state index in [9.17, 15) is 0 Å². The van der Waals surface area contributed by atoms with Crippen LogP contribution in [0.15, 0.2) is 12.2 Å². The molecule has 0 aliphatic carbocycles. The maximum atomic E-state index is 4.23. The van der Waals surface area contributed by atoms with Crippen molar-refractivity contribution in [3.8, 4) is 0 Å². The number of piperidine rings is 1. The average Bonchev–Trinajstić information content (AvgIpc) is 2.26. The van der Waals surface area contributed by atoms with Crippen LogP contribution in [0, 0.1) is 5.92 Å². The van der Waals surface area contributed by atoms with Gasteiger partial charge in [0.1, 0.15) is 0 Å². The van der Waals surface area contributed by atoms with E-state index in [-0.39, 0.29) is 0 Å². The predicted octanol–water partition coefficient (Wildman–Crippen LogP) is 2.27. The molecule has 88 valence electrons. The minimum atomic E-state index is 0.705. The van der Waals surface area contributed by atoms with E-state index >= 15 is 0 Å². The molecule has 0 spiro atoms. The minimum Gasteiger partial charge on any atom is -0.319 e. The summed E-state index contributed by atoms with van der Waals surface area (Å²) < 4.78 is 0. The molecule has 1 fully saturated rings. The molecule has 0 aromatic heterocycles. The van der Waals surface area contributed by atoms with Crippen molar-refractivity contribution in [2.24, 2.45) is 5.92 Å². The molecule has 0 aromatic rings. The highest BCUT2D eigenvalue weighted by Gasteiger charge is 2.21. The van der Waals surface area contributed by atoms with E-state index in [1.807, 2.05) is 7.05 Å². The Bertz CT molecular complexity index is 191. The molecule has 2 nitrogen and oxygen atoms in total. The van der Waals surface area contributed by atoms with Crippen LogP contribution in [0.2, 0.25) is 0 Å². The third kappa shape index (κ3) is 3.96. The van der Waals surface area contributed by atoms with Crippen LogP contribution >= 0.6 is 0 Å². The molecule has 0 radical (unpaired) electrons. The Morgan fingerprint density at radius 3 is 2.47 bits per heavy atom. The van der Waals surface area contributed by atoms with Gasteiger partial charge in [-0.2, -0.15) is 0 Å². The average molecular weight is 210 g/mol. The van der Waals surface area contributed by atoms with Gasteiger partial charge >= 0.3 is 0 Å². The van der Waals surface area contributed by atoms with Crippen molar-refractivity contribution in [1.29, 1.82) is 0 Å². The minimum absolute atomic E-state index is 0.705. The van der Waals surface area contributed by atoms with Gasteiger partial charge in [-0.15, -0.1) is 0 Å². The van der Waals surface area contributed by atoms with Gasteiger partial charge < -0.3 is 10.2 Å². The lowest BCUT2D eigenvalue weighted by Gasteiger charge is -2.35. The van der Waals surface area contributed by atoms with E-state index in [4.69, 9.17) is 0 Å². The Kier molecular flexibility index (Phi) is 5.34. The maximum absolute atomic E-state index is 4.23. The van der Waals surface area contributed by atoms with Crippen LogP contribution in [0.4, 0.5) is 0 Å². The van der Waals surface area contributed by atoms with Gasteiger partial charge in [0.05, 0.1) is 0 Å². The highest BCUT2D eigenvalue weighted by Crippen LogP contribution is 2.26. The summed E-state index contributed by atoms with van der Waals surface area (Å²) >= 11 is 0. The standard InChI is InChI=1S/C13H26N2/c1-11(2)15-9-6-13(7-10-15)12(3)5-8-14-4/h11,13-14H,3,5-10H2,1-2,4H3. The second-order valence-electron chi connectivity index (χ2n) is 4.92. The van der Waals surface area contributed by atoms with E-state index in [0.717, 1.165) is 18.9 Å². The summed E-state index contributed by atoms with van der Waals surface area (Å²) in [6, 6.07) is 0.705. The Morgan fingerprint density at radius 2 is 2.00 bits per heavy atom. The maximum Gasteiger partial charge on any atom is 0.00385 e. The number of hydrogen-bond donors (Lipinski definition) is 1. The van der Waals surface area contributed by atoms with E-state index in [2.05, 4.69) is 30.6 Å². The first-order valence-electron chi connectivity index (χ1n) is 6.21. The summed E-state index contributed by atoms with van der Waals surface area (Å²) in [6.07, 6.45) is 3.75. The Morgan fingerprint density at radius 1 is 1.40 bits per heavy atom. The zero-order chi connectivity index (χ0) is 11.3. The van der Waals surface area contributed by atoms with Crippen molar-refractivity contribution >= 4 is 0 Å². The van der Waals surface area contributed by atoms with E-state index in [1.54, 1.807) is 0 Å². The lowest BCUT2D eigenvalue weighted by Crippen LogP contribution is -2.38. The number of nitrogens with one attached hydrogen (secondary N) is 1. The fourth-order valence-electron chi connectivity index (χ4n) is 2.31. The highest BCUT2D eigenvalue weighted by molar-refractivity contribution is 5.03. The first-order chi connectivity index (χ1) is 7.15. The first kappa shape index (κ1) is 12.7. The van der Waals surface area contributed by atoms with Crippen LogP contribution in [0.3, 0.4) is 0 Å². The molecule has 2 heteroatoms. The molecule has 0 unspecified atom stereocenters. The van der Waals surface area contributed by atoms with Gasteiger partial charge in [0, 0.05) is 6.04 Å². The largest absolute Gasteiger partial charge is 0.319 e. The van der Waals surface area contributed by atoms with E-state index in [0.29, 0.717) is 6.04 Å². The molecule has 0 bridgehead atoms. The molecule has 1 aliphatic rings. The van der Waals surface area contributed by atoms with Crippen molar-refractivity contribution in [3.05, 3.63) is 12.2 Å². The van der Waals surface area contributed by atoms with Crippen molar-refractivity contribution < 1.29 is 0 Å². The van der Waals surface area contributed by atoms with Crippen molar-refractivity contribution in [2.75, 3.05) is 26.7 Å². The lowest BCUT2D eigenvalue weighted by molar-refractivity contribution is 0.160. The summed E-state index contributed by atoms with van der Waals surface area (Å²) in [5, 5.41) is 3.19. The molecule has 1 saturated heterocycles. The molecule has 1 heterocycles. The van der Waals surface area contributed by atoms with Gasteiger partial charge in [0.15, 0.2) is 0 Å². The Hall–Kier alpha value is -0.340. The molecular formula is C13H26N2. The van der Waals surface area contributed by atoms with Crippen LogP contribution in [0.5, 0.6) is 0 Å². The molecule has 1 N–H and O–H groups in total. The zero-order valence-electron chi connectivity index (χ0n) is 10.6. The van der Waals surface area contributed by atoms with E-state index in [1.165, 1.54) is 31.5 Å². The van der Waals surface area contributed by atoms with Crippen LogP contribution in [-0.4, -0.2) is 37.6 Å². The van der Waals surface area contributed by atoms with Gasteiger partial charge in [-0.1, -0.05) is 12.2 Å². The Labute approximate surface area is 94.7 Å². The zero-order valence-corrected chi connectivity index (χ0v) is 10.6. The molecule has 1 aliphatic heterocycles. The number of hydrogen-bond acceptors (Lipinski definition) is 2. The number of nitrogens with zero attached hydrogens (tertiary/aromatic N) is 1. The lowest BCUT2D eigenvalue weighted by atomic mass is 9.88. The predicted molar refractivity (Wildman–Crippen MR) is 67.1 cm³/mol. The van der Waals surface area contributed by atoms with Crippen LogP contribution < -0.4 is 5.32 Å². The topological polar surface area (TPSA) is 15.3 Å². The Balaban J connectivity index is 2.27. The second kappa shape index (κ2) is 6.29. The van der Waals surface area contributed by atoms with Crippen molar-refractivity contribution in [1.82, 2.24) is 10.2 Å². The third-order valence-electron chi connectivity index (χ3n) is 3.53. The SMILES string of the molecule is C=C(CCNC)C1CCN(C(C)C)CC1. The third-order valence-corrected chi connectivity index (χ3v) is 3.53. The molecule has 0 amide bonds. The van der Waals surface area contributed by atoms with E-state index < -0.39 is 0 Å². The molecule has 0 atom stereocenters. The van der Waals surface area contributed by atoms with Crippen LogP contribution in [-0.2, 0) is 0 Å².